The number of rotatable bonds is 2. The summed E-state index contributed by atoms with van der Waals surface area (Å²) in [6.45, 7) is 4.60. The fraction of sp³-hybridized carbons (Fsp3) is 0.647. The fourth-order valence-electron chi connectivity index (χ4n) is 4.64. The van der Waals surface area contributed by atoms with Crippen LogP contribution in [0.15, 0.2) is 12.4 Å². The molecule has 12 heteroatoms. The molecule has 0 unspecified atom stereocenters. The maximum atomic E-state index is 12.5. The van der Waals surface area contributed by atoms with Gasteiger partial charge in [-0.15, -0.1) is 0 Å². The minimum absolute atomic E-state index is 0.0306. The van der Waals surface area contributed by atoms with Crippen molar-refractivity contribution in [2.24, 2.45) is 5.41 Å². The van der Waals surface area contributed by atoms with E-state index in [0.717, 1.165) is 13.1 Å². The summed E-state index contributed by atoms with van der Waals surface area (Å²) >= 11 is 0. The van der Waals surface area contributed by atoms with Crippen LogP contribution in [0.25, 0.3) is 0 Å². The number of urea groups is 1. The Kier molecular flexibility index (Phi) is 3.77. The van der Waals surface area contributed by atoms with E-state index >= 15 is 0 Å². The Bertz CT molecular complexity index is 841. The van der Waals surface area contributed by atoms with Crippen LogP contribution in [-0.4, -0.2) is 88.2 Å². The molecule has 5 rings (SSSR count). The lowest BCUT2D eigenvalue weighted by Gasteiger charge is -2.61. The first-order valence-electron chi connectivity index (χ1n) is 9.25. The molecule has 1 aromatic heterocycles. The van der Waals surface area contributed by atoms with E-state index in [4.69, 9.17) is 4.74 Å². The van der Waals surface area contributed by atoms with Crippen molar-refractivity contribution in [3.05, 3.63) is 23.8 Å². The van der Waals surface area contributed by atoms with Crippen LogP contribution in [0.5, 0.6) is 0 Å². The maximum Gasteiger partial charge on any atom is 0.451 e. The summed E-state index contributed by atoms with van der Waals surface area (Å²) in [6, 6.07) is -0.0306. The van der Waals surface area contributed by atoms with E-state index < -0.39 is 23.6 Å². The second-order valence-corrected chi connectivity index (χ2v) is 8.53. The van der Waals surface area contributed by atoms with Gasteiger partial charge in [-0.3, -0.25) is 4.90 Å². The van der Waals surface area contributed by atoms with Crippen LogP contribution < -0.4 is 5.32 Å². The minimum atomic E-state index is -4.53. The SMILES string of the molecule is O=C1NC2(CO1)CN(C(=O)N1CC3(CN(Cc4cnc(C(F)(F)F)nc4)C3)C1)C2. The molecule has 4 fully saturated rings. The van der Waals surface area contributed by atoms with E-state index in [0.29, 0.717) is 44.9 Å². The maximum absolute atomic E-state index is 12.5. The van der Waals surface area contributed by atoms with Gasteiger partial charge in [0.2, 0.25) is 5.82 Å². The molecule has 0 atom stereocenters. The van der Waals surface area contributed by atoms with Gasteiger partial charge in [-0.2, -0.15) is 13.2 Å². The first-order valence-corrected chi connectivity index (χ1v) is 9.25. The molecule has 4 saturated heterocycles. The molecule has 0 saturated carbocycles. The third kappa shape index (κ3) is 3.15. The molecule has 0 bridgehead atoms. The zero-order valence-electron chi connectivity index (χ0n) is 15.4. The van der Waals surface area contributed by atoms with Crippen LogP contribution >= 0.6 is 0 Å². The largest absolute Gasteiger partial charge is 0.451 e. The number of cyclic esters (lactones) is 1. The van der Waals surface area contributed by atoms with Gasteiger partial charge in [-0.1, -0.05) is 0 Å². The van der Waals surface area contributed by atoms with Crippen LogP contribution in [-0.2, 0) is 17.5 Å². The number of carbonyl (C=O) groups excluding carboxylic acids is 2. The molecular formula is C17H19F3N6O3. The monoisotopic (exact) mass is 412 g/mol. The number of likely N-dealkylation sites (tertiary alicyclic amines) is 3. The second kappa shape index (κ2) is 5.94. The Morgan fingerprint density at radius 3 is 2.28 bits per heavy atom. The van der Waals surface area contributed by atoms with Crippen LogP contribution in [0.1, 0.15) is 11.4 Å². The highest BCUT2D eigenvalue weighted by atomic mass is 19.4. The van der Waals surface area contributed by atoms with Crippen molar-refractivity contribution in [1.82, 2.24) is 30.0 Å². The van der Waals surface area contributed by atoms with Crippen molar-refractivity contribution in [1.29, 1.82) is 0 Å². The molecule has 4 aliphatic rings. The third-order valence-electron chi connectivity index (χ3n) is 5.91. The number of amides is 3. The van der Waals surface area contributed by atoms with Crippen LogP contribution in [0.3, 0.4) is 0 Å². The Morgan fingerprint density at radius 2 is 1.72 bits per heavy atom. The molecule has 0 radical (unpaired) electrons. The zero-order chi connectivity index (χ0) is 20.4. The van der Waals surface area contributed by atoms with Gasteiger partial charge in [-0.05, 0) is 0 Å². The first-order chi connectivity index (χ1) is 13.7. The molecule has 5 heterocycles. The van der Waals surface area contributed by atoms with Crippen molar-refractivity contribution < 1.29 is 27.5 Å². The molecule has 4 aliphatic heterocycles. The lowest BCUT2D eigenvalue weighted by Crippen LogP contribution is -2.77. The highest BCUT2D eigenvalue weighted by molar-refractivity contribution is 5.79. The van der Waals surface area contributed by atoms with E-state index in [9.17, 15) is 22.8 Å². The van der Waals surface area contributed by atoms with E-state index in [2.05, 4.69) is 20.2 Å². The first kappa shape index (κ1) is 18.4. The summed E-state index contributed by atoms with van der Waals surface area (Å²) in [6.07, 6.45) is -2.55. The number of alkyl halides is 3. The number of hydrogen-bond donors (Lipinski definition) is 1. The molecule has 2 spiro atoms. The average molecular weight is 412 g/mol. The van der Waals surface area contributed by atoms with Gasteiger partial charge >= 0.3 is 18.3 Å². The lowest BCUT2D eigenvalue weighted by atomic mass is 9.72. The minimum Gasteiger partial charge on any atom is -0.447 e. The van der Waals surface area contributed by atoms with E-state index in [1.54, 1.807) is 9.80 Å². The fourth-order valence-corrected chi connectivity index (χ4v) is 4.64. The van der Waals surface area contributed by atoms with Crippen molar-refractivity contribution in [3.8, 4) is 0 Å². The van der Waals surface area contributed by atoms with E-state index in [1.165, 1.54) is 12.4 Å². The Morgan fingerprint density at radius 1 is 1.10 bits per heavy atom. The number of hydrogen-bond acceptors (Lipinski definition) is 6. The predicted molar refractivity (Wildman–Crippen MR) is 90.5 cm³/mol. The molecule has 3 amide bonds. The standard InChI is InChI=1S/C17H19F3N6O3/c18-17(19,20)12-21-1-11(2-22-12)3-24-4-15(5-24)6-25(7-15)14(28)26-8-16(9-26)10-29-13(27)23-16/h1-2H,3-10H2,(H,23,27). The Labute approximate surface area is 163 Å². The summed E-state index contributed by atoms with van der Waals surface area (Å²) < 4.78 is 42.4. The van der Waals surface area contributed by atoms with Gasteiger partial charge in [0, 0.05) is 56.1 Å². The number of aromatic nitrogens is 2. The van der Waals surface area contributed by atoms with E-state index in [1.807, 2.05) is 0 Å². The third-order valence-corrected chi connectivity index (χ3v) is 5.91. The van der Waals surface area contributed by atoms with Crippen LogP contribution in [0.2, 0.25) is 0 Å². The van der Waals surface area contributed by atoms with Gasteiger partial charge in [0.15, 0.2) is 0 Å². The summed E-state index contributed by atoms with van der Waals surface area (Å²) in [7, 11) is 0. The Hall–Kier alpha value is -2.63. The van der Waals surface area contributed by atoms with Gasteiger partial charge < -0.3 is 19.9 Å². The van der Waals surface area contributed by atoms with Crippen molar-refractivity contribution in [2.45, 2.75) is 18.3 Å². The van der Waals surface area contributed by atoms with Gasteiger partial charge in [0.25, 0.3) is 0 Å². The molecule has 0 aromatic carbocycles. The predicted octanol–water partition coefficient (Wildman–Crippen LogP) is 0.527. The summed E-state index contributed by atoms with van der Waals surface area (Å²) in [4.78, 5) is 36.1. The lowest BCUT2D eigenvalue weighted by molar-refractivity contribution is -0.145. The zero-order valence-corrected chi connectivity index (χ0v) is 15.4. The van der Waals surface area contributed by atoms with Crippen molar-refractivity contribution in [3.63, 3.8) is 0 Å². The molecule has 29 heavy (non-hydrogen) atoms. The number of nitrogens with zero attached hydrogens (tertiary/aromatic N) is 5. The summed E-state index contributed by atoms with van der Waals surface area (Å²) in [5.41, 5.74) is 0.272. The van der Waals surface area contributed by atoms with Crippen molar-refractivity contribution in [2.75, 3.05) is 45.9 Å². The molecule has 0 aliphatic carbocycles. The van der Waals surface area contributed by atoms with E-state index in [-0.39, 0.29) is 11.4 Å². The molecule has 1 N–H and O–H groups in total. The molecule has 9 nitrogen and oxygen atoms in total. The average Bonchev–Trinajstić information content (AvgIpc) is 2.96. The molecule has 156 valence electrons. The number of nitrogens with one attached hydrogen (secondary N) is 1. The van der Waals surface area contributed by atoms with Crippen LogP contribution in [0.4, 0.5) is 22.8 Å². The smallest absolute Gasteiger partial charge is 0.447 e. The topological polar surface area (TPSA) is 90.9 Å². The number of ether oxygens (including phenoxy) is 1. The highest BCUT2D eigenvalue weighted by Gasteiger charge is 2.57. The highest BCUT2D eigenvalue weighted by Crippen LogP contribution is 2.41. The second-order valence-electron chi connectivity index (χ2n) is 8.53. The summed E-state index contributed by atoms with van der Waals surface area (Å²) in [5.74, 6) is -1.13. The van der Waals surface area contributed by atoms with Gasteiger partial charge in [0.1, 0.15) is 12.1 Å². The Balaban J connectivity index is 1.06. The van der Waals surface area contributed by atoms with Gasteiger partial charge in [-0.25, -0.2) is 19.6 Å². The normalized spacial score (nSPS) is 24.6. The van der Waals surface area contributed by atoms with Gasteiger partial charge in [0.05, 0.1) is 13.1 Å². The van der Waals surface area contributed by atoms with Crippen molar-refractivity contribution >= 4 is 12.1 Å². The quantitative estimate of drug-likeness (QED) is 0.762. The number of halogens is 3. The van der Waals surface area contributed by atoms with Crippen LogP contribution in [0, 0.1) is 5.41 Å². The molecule has 1 aromatic rings. The number of carbonyl (C=O) groups is 2. The summed E-state index contributed by atoms with van der Waals surface area (Å²) in [5, 5.41) is 2.75. The number of alkyl carbamates (subject to hydrolysis) is 1. The molecular weight excluding hydrogens is 393 g/mol.